The number of hydrogen-bond acceptors (Lipinski definition) is 3. The second-order valence-electron chi connectivity index (χ2n) is 4.01. The summed E-state index contributed by atoms with van der Waals surface area (Å²) in [5.74, 6) is -0.552. The Bertz CT molecular complexity index is 667. The summed E-state index contributed by atoms with van der Waals surface area (Å²) in [6.45, 7) is 0.268. The number of nitro groups is 1. The minimum atomic E-state index is -0.572. The van der Waals surface area contributed by atoms with E-state index in [1.54, 1.807) is 12.1 Å². The monoisotopic (exact) mass is 358 g/mol. The molecule has 0 radical (unpaired) electrons. The number of nitrogens with one attached hydrogen (secondary N) is 1. The third-order valence-corrected chi connectivity index (χ3v) is 3.49. The Labute approximate surface area is 127 Å². The zero-order chi connectivity index (χ0) is 14.7. The molecule has 0 aliphatic carbocycles. The largest absolute Gasteiger partial charge is 0.378 e. The van der Waals surface area contributed by atoms with Crippen LogP contribution in [0.1, 0.15) is 5.56 Å². The summed E-state index contributed by atoms with van der Waals surface area (Å²) < 4.78 is 14.4. The van der Waals surface area contributed by atoms with Gasteiger partial charge in [-0.1, -0.05) is 33.6 Å². The van der Waals surface area contributed by atoms with Crippen LogP contribution in [-0.2, 0) is 6.54 Å². The number of rotatable bonds is 4. The Hall–Kier alpha value is -1.66. The summed E-state index contributed by atoms with van der Waals surface area (Å²) in [7, 11) is 0. The molecular weight excluding hydrogens is 351 g/mol. The molecule has 0 amide bonds. The molecule has 20 heavy (non-hydrogen) atoms. The van der Waals surface area contributed by atoms with E-state index in [9.17, 15) is 14.5 Å². The molecule has 0 aromatic heterocycles. The van der Waals surface area contributed by atoms with E-state index in [0.717, 1.165) is 28.2 Å². The highest BCUT2D eigenvalue weighted by Gasteiger charge is 2.11. The predicted octanol–water partition coefficient (Wildman–Crippen LogP) is 4.76. The van der Waals surface area contributed by atoms with E-state index in [2.05, 4.69) is 21.2 Å². The summed E-state index contributed by atoms with van der Waals surface area (Å²) in [6.07, 6.45) is 0. The maximum atomic E-state index is 13.6. The van der Waals surface area contributed by atoms with Gasteiger partial charge in [-0.25, -0.2) is 4.39 Å². The van der Waals surface area contributed by atoms with Gasteiger partial charge in [-0.05, 0) is 23.8 Å². The van der Waals surface area contributed by atoms with Gasteiger partial charge in [-0.3, -0.25) is 10.1 Å². The van der Waals surface area contributed by atoms with Crippen LogP contribution in [0.4, 0.5) is 15.8 Å². The SMILES string of the molecule is O=[N+]([O-])c1ccc(F)c(NCc2ccc(Br)cc2Cl)c1. The van der Waals surface area contributed by atoms with E-state index < -0.39 is 10.7 Å². The fourth-order valence-electron chi connectivity index (χ4n) is 1.62. The molecule has 2 aromatic rings. The van der Waals surface area contributed by atoms with Gasteiger partial charge in [0.25, 0.3) is 5.69 Å². The molecule has 0 aliphatic rings. The molecule has 1 N–H and O–H groups in total. The first-order valence-electron chi connectivity index (χ1n) is 5.59. The number of non-ortho nitro benzene ring substituents is 1. The van der Waals surface area contributed by atoms with Crippen molar-refractivity contribution in [3.63, 3.8) is 0 Å². The van der Waals surface area contributed by atoms with E-state index in [4.69, 9.17) is 11.6 Å². The van der Waals surface area contributed by atoms with Crippen molar-refractivity contribution in [2.45, 2.75) is 6.54 Å². The van der Waals surface area contributed by atoms with E-state index in [-0.39, 0.29) is 17.9 Å². The van der Waals surface area contributed by atoms with Crippen molar-refractivity contribution >= 4 is 38.9 Å². The molecule has 2 aromatic carbocycles. The van der Waals surface area contributed by atoms with Crippen LogP contribution in [0.3, 0.4) is 0 Å². The van der Waals surface area contributed by atoms with Crippen molar-refractivity contribution in [1.29, 1.82) is 0 Å². The van der Waals surface area contributed by atoms with E-state index >= 15 is 0 Å². The molecule has 0 heterocycles. The molecule has 0 bridgehead atoms. The average Bonchev–Trinajstić information content (AvgIpc) is 2.39. The molecule has 0 unspecified atom stereocenters. The van der Waals surface area contributed by atoms with Gasteiger partial charge < -0.3 is 5.32 Å². The summed E-state index contributed by atoms with van der Waals surface area (Å²) in [6, 6.07) is 8.66. The van der Waals surface area contributed by atoms with Crippen molar-refractivity contribution in [3.05, 3.63) is 67.4 Å². The molecule has 0 saturated heterocycles. The third-order valence-electron chi connectivity index (χ3n) is 2.65. The van der Waals surface area contributed by atoms with Gasteiger partial charge in [-0.2, -0.15) is 0 Å². The average molecular weight is 360 g/mol. The van der Waals surface area contributed by atoms with Gasteiger partial charge in [0.2, 0.25) is 0 Å². The van der Waals surface area contributed by atoms with Gasteiger partial charge in [0.05, 0.1) is 10.6 Å². The number of nitro benzene ring substituents is 1. The Balaban J connectivity index is 2.18. The number of nitrogens with zero attached hydrogens (tertiary/aromatic N) is 1. The minimum absolute atomic E-state index is 0.0678. The highest BCUT2D eigenvalue weighted by atomic mass is 79.9. The molecule has 2 rings (SSSR count). The number of halogens is 3. The number of benzene rings is 2. The first-order chi connectivity index (χ1) is 9.47. The van der Waals surface area contributed by atoms with Gasteiger partial charge in [-0.15, -0.1) is 0 Å². The summed E-state index contributed by atoms with van der Waals surface area (Å²) >= 11 is 9.33. The first kappa shape index (κ1) is 14.7. The highest BCUT2D eigenvalue weighted by molar-refractivity contribution is 9.10. The van der Waals surface area contributed by atoms with Crippen molar-refractivity contribution in [1.82, 2.24) is 0 Å². The molecule has 0 aliphatic heterocycles. The Kier molecular flexibility index (Phi) is 4.57. The van der Waals surface area contributed by atoms with Gasteiger partial charge in [0.1, 0.15) is 5.82 Å². The highest BCUT2D eigenvalue weighted by Crippen LogP contribution is 2.25. The zero-order valence-electron chi connectivity index (χ0n) is 10.1. The second kappa shape index (κ2) is 6.19. The third kappa shape index (κ3) is 3.46. The van der Waals surface area contributed by atoms with Crippen LogP contribution in [0, 0.1) is 15.9 Å². The Morgan fingerprint density at radius 2 is 2.05 bits per heavy atom. The lowest BCUT2D eigenvalue weighted by atomic mass is 10.2. The molecule has 0 atom stereocenters. The molecule has 0 spiro atoms. The summed E-state index contributed by atoms with van der Waals surface area (Å²) in [4.78, 5) is 10.1. The fraction of sp³-hybridized carbons (Fsp3) is 0.0769. The fourth-order valence-corrected chi connectivity index (χ4v) is 2.36. The predicted molar refractivity (Wildman–Crippen MR) is 79.5 cm³/mol. The quantitative estimate of drug-likeness (QED) is 0.632. The topological polar surface area (TPSA) is 55.2 Å². The zero-order valence-corrected chi connectivity index (χ0v) is 12.4. The van der Waals surface area contributed by atoms with Crippen LogP contribution < -0.4 is 5.32 Å². The van der Waals surface area contributed by atoms with Crippen molar-refractivity contribution in [2.24, 2.45) is 0 Å². The van der Waals surface area contributed by atoms with E-state index in [0.29, 0.717) is 5.02 Å². The molecule has 0 saturated carbocycles. The van der Waals surface area contributed by atoms with Crippen LogP contribution in [0.25, 0.3) is 0 Å². The van der Waals surface area contributed by atoms with Crippen molar-refractivity contribution in [2.75, 3.05) is 5.32 Å². The van der Waals surface area contributed by atoms with Crippen LogP contribution in [0.2, 0.25) is 5.02 Å². The van der Waals surface area contributed by atoms with Crippen LogP contribution >= 0.6 is 27.5 Å². The lowest BCUT2D eigenvalue weighted by Gasteiger charge is -2.09. The number of hydrogen-bond donors (Lipinski definition) is 1. The molecule has 7 heteroatoms. The molecule has 4 nitrogen and oxygen atoms in total. The minimum Gasteiger partial charge on any atom is -0.378 e. The summed E-state index contributed by atoms with van der Waals surface area (Å²) in [5, 5.41) is 14.0. The maximum Gasteiger partial charge on any atom is 0.271 e. The standard InChI is InChI=1S/C13H9BrClFN2O2/c14-9-2-1-8(11(15)5-9)7-17-13-6-10(18(19)20)3-4-12(13)16/h1-6,17H,7H2. The van der Waals surface area contributed by atoms with Crippen LogP contribution in [0.15, 0.2) is 40.9 Å². The maximum absolute atomic E-state index is 13.6. The number of anilines is 1. The lowest BCUT2D eigenvalue weighted by Crippen LogP contribution is -2.03. The van der Waals surface area contributed by atoms with E-state index in [1.807, 2.05) is 6.07 Å². The smallest absolute Gasteiger partial charge is 0.271 e. The second-order valence-corrected chi connectivity index (χ2v) is 5.33. The Morgan fingerprint density at radius 3 is 2.70 bits per heavy atom. The van der Waals surface area contributed by atoms with Crippen LogP contribution in [0.5, 0.6) is 0 Å². The van der Waals surface area contributed by atoms with Gasteiger partial charge >= 0.3 is 0 Å². The Morgan fingerprint density at radius 1 is 1.30 bits per heavy atom. The normalized spacial score (nSPS) is 10.3. The van der Waals surface area contributed by atoms with Gasteiger partial charge in [0, 0.05) is 28.2 Å². The lowest BCUT2D eigenvalue weighted by molar-refractivity contribution is -0.384. The first-order valence-corrected chi connectivity index (χ1v) is 6.76. The molecular formula is C13H9BrClFN2O2. The van der Waals surface area contributed by atoms with Gasteiger partial charge in [0.15, 0.2) is 0 Å². The molecule has 0 fully saturated rings. The summed E-state index contributed by atoms with van der Waals surface area (Å²) in [5.41, 5.74) is 0.662. The van der Waals surface area contributed by atoms with Crippen LogP contribution in [-0.4, -0.2) is 4.92 Å². The van der Waals surface area contributed by atoms with E-state index in [1.165, 1.54) is 0 Å². The van der Waals surface area contributed by atoms with Crippen molar-refractivity contribution < 1.29 is 9.31 Å². The van der Waals surface area contributed by atoms with Crippen molar-refractivity contribution in [3.8, 4) is 0 Å². The molecule has 104 valence electrons.